The second-order valence-electron chi connectivity index (χ2n) is 5.23. The van der Waals surface area contributed by atoms with E-state index in [0.29, 0.717) is 16.2 Å². The summed E-state index contributed by atoms with van der Waals surface area (Å²) < 4.78 is 4.97. The van der Waals surface area contributed by atoms with Crippen molar-refractivity contribution in [3.63, 3.8) is 0 Å². The fourth-order valence-corrected chi connectivity index (χ4v) is 2.43. The molecule has 0 atom stereocenters. The van der Waals surface area contributed by atoms with Crippen molar-refractivity contribution in [3.05, 3.63) is 39.6 Å². The summed E-state index contributed by atoms with van der Waals surface area (Å²) >= 11 is 6.12. The molecule has 0 aliphatic heterocycles. The average Bonchev–Trinajstić information content (AvgIpc) is 2.57. The summed E-state index contributed by atoms with van der Waals surface area (Å²) in [6, 6.07) is 3.44. The summed E-state index contributed by atoms with van der Waals surface area (Å²) in [4.78, 5) is 12.5. The topological polar surface area (TPSA) is 86.2 Å². The lowest BCUT2D eigenvalue weighted by atomic mass is 10.1. The van der Waals surface area contributed by atoms with Crippen molar-refractivity contribution in [1.29, 1.82) is 5.41 Å². The second kappa shape index (κ2) is 9.17. The molecular weight excluding hydrogens is 328 g/mol. The summed E-state index contributed by atoms with van der Waals surface area (Å²) in [6.07, 6.45) is 0. The normalized spacial score (nSPS) is 11.4. The maximum atomic E-state index is 12.5. The van der Waals surface area contributed by atoms with Gasteiger partial charge in [0.2, 0.25) is 5.90 Å². The number of hydrogen-bond acceptors (Lipinski definition) is 5. The Morgan fingerprint density at radius 2 is 2.04 bits per heavy atom. The predicted molar refractivity (Wildman–Crippen MR) is 99.2 cm³/mol. The van der Waals surface area contributed by atoms with Gasteiger partial charge >= 0.3 is 0 Å². The first-order valence-electron chi connectivity index (χ1n) is 7.68. The molecule has 7 heteroatoms. The SMILES string of the molecule is CCNc1cc(Cl)cc(C(=O)NC/C(C(=N)OC)=C(\C)NC)c1C. The first kappa shape index (κ1) is 19.8. The molecule has 0 spiro atoms. The summed E-state index contributed by atoms with van der Waals surface area (Å²) in [5.74, 6) is -0.238. The van der Waals surface area contributed by atoms with Gasteiger partial charge in [0.1, 0.15) is 0 Å². The van der Waals surface area contributed by atoms with Gasteiger partial charge < -0.3 is 20.7 Å². The van der Waals surface area contributed by atoms with Crippen LogP contribution in [0.25, 0.3) is 0 Å². The van der Waals surface area contributed by atoms with Crippen LogP contribution in [0.5, 0.6) is 0 Å². The predicted octanol–water partition coefficient (Wildman–Crippen LogP) is 2.93. The van der Waals surface area contributed by atoms with Gasteiger partial charge in [0.05, 0.1) is 19.2 Å². The minimum Gasteiger partial charge on any atom is -0.481 e. The number of carbonyl (C=O) groups excluding carboxylic acids is 1. The van der Waals surface area contributed by atoms with Crippen LogP contribution in [-0.2, 0) is 4.74 Å². The molecule has 132 valence electrons. The van der Waals surface area contributed by atoms with Crippen LogP contribution in [0.2, 0.25) is 5.02 Å². The standard InChI is InChI=1S/C17H25ClN4O2/c1-6-21-15-8-12(18)7-13(10(15)2)17(23)22-9-14(11(3)20-4)16(19)24-5/h7-8,19-21H,6,9H2,1-5H3,(H,22,23)/b14-11-,19-16?. The molecular formula is C17H25ClN4O2. The highest BCUT2D eigenvalue weighted by atomic mass is 35.5. The Labute approximate surface area is 148 Å². The van der Waals surface area contributed by atoms with Crippen molar-refractivity contribution >= 4 is 29.1 Å². The van der Waals surface area contributed by atoms with Gasteiger partial charge in [0.25, 0.3) is 5.91 Å². The molecule has 1 rings (SSSR count). The number of amides is 1. The molecule has 6 nitrogen and oxygen atoms in total. The Hall–Kier alpha value is -2.21. The zero-order valence-electron chi connectivity index (χ0n) is 14.8. The molecule has 24 heavy (non-hydrogen) atoms. The molecule has 1 aromatic carbocycles. The Kier molecular flexibility index (Phi) is 7.58. The van der Waals surface area contributed by atoms with Crippen LogP contribution in [0.4, 0.5) is 5.69 Å². The van der Waals surface area contributed by atoms with Crippen molar-refractivity contribution in [3.8, 4) is 0 Å². The molecule has 0 aromatic heterocycles. The molecule has 0 fully saturated rings. The van der Waals surface area contributed by atoms with Crippen molar-refractivity contribution < 1.29 is 9.53 Å². The van der Waals surface area contributed by atoms with Crippen LogP contribution in [0.15, 0.2) is 23.4 Å². The maximum Gasteiger partial charge on any atom is 0.251 e. The molecule has 1 amide bonds. The number of allylic oxidation sites excluding steroid dienone is 1. The van der Waals surface area contributed by atoms with E-state index < -0.39 is 0 Å². The Morgan fingerprint density at radius 3 is 2.58 bits per heavy atom. The minimum atomic E-state index is -0.251. The minimum absolute atomic E-state index is 0.0123. The van der Waals surface area contributed by atoms with E-state index in [9.17, 15) is 4.79 Å². The van der Waals surface area contributed by atoms with E-state index >= 15 is 0 Å². The number of nitrogens with one attached hydrogen (secondary N) is 4. The lowest BCUT2D eigenvalue weighted by Crippen LogP contribution is -2.30. The van der Waals surface area contributed by atoms with Gasteiger partial charge in [-0.15, -0.1) is 0 Å². The summed E-state index contributed by atoms with van der Waals surface area (Å²) in [7, 11) is 3.18. The molecule has 0 aliphatic rings. The molecule has 0 saturated heterocycles. The Balaban J connectivity index is 3.02. The summed E-state index contributed by atoms with van der Waals surface area (Å²) in [6.45, 7) is 6.59. The number of anilines is 1. The summed E-state index contributed by atoms with van der Waals surface area (Å²) in [5, 5.41) is 17.3. The van der Waals surface area contributed by atoms with Crippen LogP contribution < -0.4 is 16.0 Å². The van der Waals surface area contributed by atoms with E-state index in [2.05, 4.69) is 16.0 Å². The highest BCUT2D eigenvalue weighted by Gasteiger charge is 2.16. The quantitative estimate of drug-likeness (QED) is 0.449. The number of rotatable bonds is 7. The Morgan fingerprint density at radius 1 is 1.38 bits per heavy atom. The first-order valence-corrected chi connectivity index (χ1v) is 8.06. The van der Waals surface area contributed by atoms with Crippen LogP contribution in [0.3, 0.4) is 0 Å². The third-order valence-corrected chi connectivity index (χ3v) is 3.93. The number of methoxy groups -OCH3 is 1. The van der Waals surface area contributed by atoms with Gasteiger partial charge in [0.15, 0.2) is 0 Å². The van der Waals surface area contributed by atoms with Crippen molar-refractivity contribution in [2.45, 2.75) is 20.8 Å². The van der Waals surface area contributed by atoms with E-state index in [1.807, 2.05) is 20.8 Å². The van der Waals surface area contributed by atoms with E-state index in [1.54, 1.807) is 19.2 Å². The van der Waals surface area contributed by atoms with Gasteiger partial charge in [-0.2, -0.15) is 0 Å². The maximum absolute atomic E-state index is 12.5. The smallest absolute Gasteiger partial charge is 0.251 e. The zero-order chi connectivity index (χ0) is 18.3. The number of carbonyl (C=O) groups is 1. The van der Waals surface area contributed by atoms with Gasteiger partial charge in [-0.1, -0.05) is 11.6 Å². The molecule has 0 radical (unpaired) electrons. The lowest BCUT2D eigenvalue weighted by molar-refractivity contribution is 0.0956. The molecule has 0 aliphatic carbocycles. The molecule has 1 aromatic rings. The van der Waals surface area contributed by atoms with E-state index in [0.717, 1.165) is 23.5 Å². The lowest BCUT2D eigenvalue weighted by Gasteiger charge is -2.16. The van der Waals surface area contributed by atoms with Crippen LogP contribution >= 0.6 is 11.6 Å². The Bertz CT molecular complexity index is 656. The van der Waals surface area contributed by atoms with Gasteiger partial charge in [-0.05, 0) is 38.5 Å². The molecule has 0 unspecified atom stereocenters. The van der Waals surface area contributed by atoms with Crippen LogP contribution in [-0.4, -0.2) is 39.1 Å². The first-order chi connectivity index (χ1) is 11.3. The molecule has 0 heterocycles. The van der Waals surface area contributed by atoms with Gasteiger partial charge in [0, 0.05) is 35.6 Å². The molecule has 0 bridgehead atoms. The monoisotopic (exact) mass is 352 g/mol. The number of halogens is 1. The van der Waals surface area contributed by atoms with Crippen LogP contribution in [0, 0.1) is 12.3 Å². The van der Waals surface area contributed by atoms with Crippen molar-refractivity contribution in [1.82, 2.24) is 10.6 Å². The zero-order valence-corrected chi connectivity index (χ0v) is 15.5. The third kappa shape index (κ3) is 4.89. The number of benzene rings is 1. The van der Waals surface area contributed by atoms with E-state index in [-0.39, 0.29) is 18.3 Å². The number of ether oxygens (including phenoxy) is 1. The van der Waals surface area contributed by atoms with Crippen molar-refractivity contribution in [2.75, 3.05) is 32.6 Å². The fourth-order valence-electron chi connectivity index (χ4n) is 2.21. The summed E-state index contributed by atoms with van der Waals surface area (Å²) in [5.41, 5.74) is 3.51. The number of hydrogen-bond donors (Lipinski definition) is 4. The third-order valence-electron chi connectivity index (χ3n) is 3.72. The fraction of sp³-hybridized carbons (Fsp3) is 0.412. The largest absolute Gasteiger partial charge is 0.481 e. The molecule has 4 N–H and O–H groups in total. The second-order valence-corrected chi connectivity index (χ2v) is 5.66. The van der Waals surface area contributed by atoms with Crippen molar-refractivity contribution in [2.24, 2.45) is 0 Å². The highest BCUT2D eigenvalue weighted by Crippen LogP contribution is 2.24. The van der Waals surface area contributed by atoms with Crippen LogP contribution in [0.1, 0.15) is 29.8 Å². The van der Waals surface area contributed by atoms with E-state index in [4.69, 9.17) is 21.7 Å². The van der Waals surface area contributed by atoms with Gasteiger partial charge in [-0.25, -0.2) is 0 Å². The van der Waals surface area contributed by atoms with E-state index in [1.165, 1.54) is 7.11 Å². The average molecular weight is 353 g/mol. The molecule has 0 saturated carbocycles. The van der Waals surface area contributed by atoms with Gasteiger partial charge in [-0.3, -0.25) is 10.2 Å². The highest BCUT2D eigenvalue weighted by molar-refractivity contribution is 6.31.